The standard InChI is InChI=1S/C18H22N2O4S/c1-11(2)24-17(23)12-4-6-13(7-5-12)19-16(22)14-10-25-18(3)9-8-15(21)20(14)18/h4-7,11,14H,8-10H2,1-3H3,(H,19,22). The van der Waals surface area contributed by atoms with E-state index in [2.05, 4.69) is 5.32 Å². The van der Waals surface area contributed by atoms with Gasteiger partial charge in [0.05, 0.1) is 16.5 Å². The molecule has 0 radical (unpaired) electrons. The van der Waals surface area contributed by atoms with Crippen molar-refractivity contribution in [1.82, 2.24) is 4.90 Å². The Bertz CT molecular complexity index is 704. The van der Waals surface area contributed by atoms with Gasteiger partial charge in [-0.25, -0.2) is 4.79 Å². The molecule has 1 aromatic carbocycles. The van der Waals surface area contributed by atoms with E-state index >= 15 is 0 Å². The molecule has 2 amide bonds. The van der Waals surface area contributed by atoms with Gasteiger partial charge in [0.1, 0.15) is 6.04 Å². The Morgan fingerprint density at radius 3 is 2.64 bits per heavy atom. The van der Waals surface area contributed by atoms with Gasteiger partial charge < -0.3 is 15.0 Å². The Balaban J connectivity index is 1.66. The molecule has 3 rings (SSSR count). The molecule has 2 aliphatic heterocycles. The second-order valence-electron chi connectivity index (χ2n) is 6.79. The Labute approximate surface area is 151 Å². The number of fused-ring (bicyclic) bond motifs is 1. The van der Waals surface area contributed by atoms with E-state index in [1.54, 1.807) is 54.8 Å². The van der Waals surface area contributed by atoms with Crippen LogP contribution in [0.3, 0.4) is 0 Å². The van der Waals surface area contributed by atoms with Crippen LogP contribution in [0.1, 0.15) is 44.0 Å². The highest BCUT2D eigenvalue weighted by Crippen LogP contribution is 2.47. The van der Waals surface area contributed by atoms with Crippen molar-refractivity contribution in [2.75, 3.05) is 11.1 Å². The molecular formula is C18H22N2O4S. The summed E-state index contributed by atoms with van der Waals surface area (Å²) in [7, 11) is 0. The van der Waals surface area contributed by atoms with Gasteiger partial charge in [0.25, 0.3) is 0 Å². The first-order valence-corrected chi connectivity index (χ1v) is 9.37. The molecule has 2 heterocycles. The van der Waals surface area contributed by atoms with Crippen molar-refractivity contribution in [1.29, 1.82) is 0 Å². The summed E-state index contributed by atoms with van der Waals surface area (Å²) in [4.78, 5) is 38.0. The Hall–Kier alpha value is -2.02. The molecule has 0 saturated carbocycles. The van der Waals surface area contributed by atoms with E-state index < -0.39 is 12.0 Å². The molecule has 25 heavy (non-hydrogen) atoms. The van der Waals surface area contributed by atoms with Gasteiger partial charge in [0.2, 0.25) is 11.8 Å². The van der Waals surface area contributed by atoms with E-state index in [0.717, 1.165) is 6.42 Å². The summed E-state index contributed by atoms with van der Waals surface area (Å²) >= 11 is 1.66. The van der Waals surface area contributed by atoms with Gasteiger partial charge in [-0.2, -0.15) is 0 Å². The van der Waals surface area contributed by atoms with Crippen LogP contribution in [0.15, 0.2) is 24.3 Å². The number of carbonyl (C=O) groups excluding carboxylic acids is 3. The van der Waals surface area contributed by atoms with E-state index in [4.69, 9.17) is 4.74 Å². The largest absolute Gasteiger partial charge is 0.459 e. The zero-order valence-electron chi connectivity index (χ0n) is 14.6. The molecule has 1 N–H and O–H groups in total. The number of esters is 1. The molecule has 2 aliphatic rings. The highest BCUT2D eigenvalue weighted by molar-refractivity contribution is 8.01. The van der Waals surface area contributed by atoms with E-state index in [0.29, 0.717) is 23.4 Å². The molecule has 134 valence electrons. The maximum Gasteiger partial charge on any atom is 0.338 e. The zero-order chi connectivity index (χ0) is 18.2. The number of ether oxygens (including phenoxy) is 1. The van der Waals surface area contributed by atoms with Crippen molar-refractivity contribution in [3.8, 4) is 0 Å². The summed E-state index contributed by atoms with van der Waals surface area (Å²) in [5.41, 5.74) is 1.03. The molecule has 2 saturated heterocycles. The Morgan fingerprint density at radius 2 is 2.00 bits per heavy atom. The van der Waals surface area contributed by atoms with Crippen LogP contribution < -0.4 is 5.32 Å². The number of anilines is 1. The topological polar surface area (TPSA) is 75.7 Å². The third kappa shape index (κ3) is 3.51. The van der Waals surface area contributed by atoms with Gasteiger partial charge >= 0.3 is 5.97 Å². The van der Waals surface area contributed by atoms with Crippen molar-refractivity contribution in [2.24, 2.45) is 0 Å². The molecule has 7 heteroatoms. The lowest BCUT2D eigenvalue weighted by atomic mass is 10.2. The Morgan fingerprint density at radius 1 is 1.32 bits per heavy atom. The quantitative estimate of drug-likeness (QED) is 0.834. The number of amides is 2. The highest BCUT2D eigenvalue weighted by atomic mass is 32.2. The fourth-order valence-electron chi connectivity index (χ4n) is 3.21. The van der Waals surface area contributed by atoms with Gasteiger partial charge in [-0.1, -0.05) is 0 Å². The lowest BCUT2D eigenvalue weighted by molar-refractivity contribution is -0.135. The van der Waals surface area contributed by atoms with Gasteiger partial charge in [-0.3, -0.25) is 9.59 Å². The number of carbonyl (C=O) groups is 3. The van der Waals surface area contributed by atoms with Crippen LogP contribution in [0, 0.1) is 0 Å². The SMILES string of the molecule is CC(C)OC(=O)c1ccc(NC(=O)C2CSC3(C)CCC(=O)N23)cc1. The smallest absolute Gasteiger partial charge is 0.338 e. The molecule has 0 aromatic heterocycles. The minimum atomic E-state index is -0.449. The number of benzene rings is 1. The molecular weight excluding hydrogens is 340 g/mol. The number of thioether (sulfide) groups is 1. The molecule has 2 atom stereocenters. The molecule has 0 spiro atoms. The van der Waals surface area contributed by atoms with Crippen molar-refractivity contribution in [3.63, 3.8) is 0 Å². The van der Waals surface area contributed by atoms with Gasteiger partial charge in [-0.15, -0.1) is 11.8 Å². The van der Waals surface area contributed by atoms with Crippen LogP contribution in [-0.2, 0) is 14.3 Å². The normalized spacial score (nSPS) is 25.2. The van der Waals surface area contributed by atoms with E-state index in [1.807, 2.05) is 6.92 Å². The van der Waals surface area contributed by atoms with E-state index in [-0.39, 0.29) is 22.8 Å². The molecule has 1 aromatic rings. The average Bonchev–Trinajstić information content (AvgIpc) is 3.04. The third-order valence-electron chi connectivity index (χ3n) is 4.48. The first-order chi connectivity index (χ1) is 11.8. The number of hydrogen-bond donors (Lipinski definition) is 1. The van der Waals surface area contributed by atoms with E-state index in [9.17, 15) is 14.4 Å². The second kappa shape index (κ2) is 6.71. The Kier molecular flexibility index (Phi) is 4.77. The fraction of sp³-hybridized carbons (Fsp3) is 0.500. The van der Waals surface area contributed by atoms with Crippen LogP contribution in [0.2, 0.25) is 0 Å². The number of nitrogens with one attached hydrogen (secondary N) is 1. The van der Waals surface area contributed by atoms with E-state index in [1.165, 1.54) is 0 Å². The number of nitrogens with zero attached hydrogens (tertiary/aromatic N) is 1. The summed E-state index contributed by atoms with van der Waals surface area (Å²) in [5.74, 6) is 0.0641. The van der Waals surface area contributed by atoms with Gasteiger partial charge in [0, 0.05) is 17.9 Å². The number of hydrogen-bond acceptors (Lipinski definition) is 5. The molecule has 0 aliphatic carbocycles. The van der Waals surface area contributed by atoms with Crippen LogP contribution in [0.4, 0.5) is 5.69 Å². The highest BCUT2D eigenvalue weighted by Gasteiger charge is 2.52. The lowest BCUT2D eigenvalue weighted by Crippen LogP contribution is -2.48. The van der Waals surface area contributed by atoms with Crippen molar-refractivity contribution < 1.29 is 19.1 Å². The third-order valence-corrected chi connectivity index (χ3v) is 5.98. The maximum atomic E-state index is 12.6. The first-order valence-electron chi connectivity index (χ1n) is 8.38. The van der Waals surface area contributed by atoms with Crippen molar-refractivity contribution in [2.45, 2.75) is 50.6 Å². The van der Waals surface area contributed by atoms with Crippen molar-refractivity contribution >= 4 is 35.2 Å². The summed E-state index contributed by atoms with van der Waals surface area (Å²) in [6, 6.07) is 6.13. The summed E-state index contributed by atoms with van der Waals surface area (Å²) in [6.45, 7) is 5.60. The van der Waals surface area contributed by atoms with Gasteiger partial charge in [-0.05, 0) is 51.5 Å². The van der Waals surface area contributed by atoms with Gasteiger partial charge in [0.15, 0.2) is 0 Å². The monoisotopic (exact) mass is 362 g/mol. The lowest BCUT2D eigenvalue weighted by Gasteiger charge is -2.29. The summed E-state index contributed by atoms with van der Waals surface area (Å²) in [5, 5.41) is 2.84. The minimum absolute atomic E-state index is 0.0411. The molecule has 6 nitrogen and oxygen atoms in total. The maximum absolute atomic E-state index is 12.6. The van der Waals surface area contributed by atoms with Crippen LogP contribution in [0.25, 0.3) is 0 Å². The van der Waals surface area contributed by atoms with Crippen molar-refractivity contribution in [3.05, 3.63) is 29.8 Å². The minimum Gasteiger partial charge on any atom is -0.459 e. The summed E-state index contributed by atoms with van der Waals surface area (Å²) in [6.07, 6.45) is 1.10. The van der Waals surface area contributed by atoms with Crippen LogP contribution in [0.5, 0.6) is 0 Å². The molecule has 2 unspecified atom stereocenters. The molecule has 0 bridgehead atoms. The average molecular weight is 362 g/mol. The van der Waals surface area contributed by atoms with Crippen LogP contribution in [-0.4, -0.2) is 45.5 Å². The second-order valence-corrected chi connectivity index (χ2v) is 8.29. The fourth-order valence-corrected chi connectivity index (χ4v) is 4.64. The number of rotatable bonds is 4. The molecule has 2 fully saturated rings. The van der Waals surface area contributed by atoms with Crippen LogP contribution >= 0.6 is 11.8 Å². The predicted molar refractivity (Wildman–Crippen MR) is 96.4 cm³/mol. The summed E-state index contributed by atoms with van der Waals surface area (Å²) < 4.78 is 5.14. The zero-order valence-corrected chi connectivity index (χ0v) is 15.4. The first kappa shape index (κ1) is 17.8. The predicted octanol–water partition coefficient (Wildman–Crippen LogP) is 2.64.